The van der Waals surface area contributed by atoms with E-state index in [0.29, 0.717) is 12.8 Å². The van der Waals surface area contributed by atoms with E-state index >= 15 is 0 Å². The largest absolute Gasteiger partial charge is 0.481 e. The third-order valence-corrected chi connectivity index (χ3v) is 3.86. The van der Waals surface area contributed by atoms with Crippen LogP contribution >= 0.6 is 0 Å². The van der Waals surface area contributed by atoms with Gasteiger partial charge in [-0.2, -0.15) is 0 Å². The summed E-state index contributed by atoms with van der Waals surface area (Å²) in [6.07, 6.45) is 1.99. The summed E-state index contributed by atoms with van der Waals surface area (Å²) in [4.78, 5) is 15.6. The van der Waals surface area contributed by atoms with Gasteiger partial charge in [-0.3, -0.25) is 4.79 Å². The SMILES string of the molecule is COC(C)(C)c1nc2c(n1C)CCC(C(=O)O)C2. The van der Waals surface area contributed by atoms with Crippen LogP contribution in [0.1, 0.15) is 37.5 Å². The molecule has 5 heteroatoms. The number of imidazole rings is 1. The number of carboxylic acid groups (broad SMARTS) is 1. The van der Waals surface area contributed by atoms with Crippen molar-refractivity contribution in [2.45, 2.75) is 38.7 Å². The first-order valence-corrected chi connectivity index (χ1v) is 6.19. The lowest BCUT2D eigenvalue weighted by molar-refractivity contribution is -0.142. The molecule has 1 aromatic rings. The minimum absolute atomic E-state index is 0.300. The van der Waals surface area contributed by atoms with Gasteiger partial charge in [0, 0.05) is 26.3 Å². The van der Waals surface area contributed by atoms with Gasteiger partial charge in [-0.15, -0.1) is 0 Å². The van der Waals surface area contributed by atoms with E-state index in [1.807, 2.05) is 20.9 Å². The van der Waals surface area contributed by atoms with E-state index in [4.69, 9.17) is 9.84 Å². The molecule has 5 nitrogen and oxygen atoms in total. The number of ether oxygens (including phenoxy) is 1. The maximum absolute atomic E-state index is 11.0. The lowest BCUT2D eigenvalue weighted by Crippen LogP contribution is -2.24. The average molecular weight is 252 g/mol. The first-order chi connectivity index (χ1) is 8.36. The highest BCUT2D eigenvalue weighted by Gasteiger charge is 2.32. The smallest absolute Gasteiger partial charge is 0.306 e. The first kappa shape index (κ1) is 13.1. The summed E-state index contributed by atoms with van der Waals surface area (Å²) in [5.74, 6) is -0.161. The van der Waals surface area contributed by atoms with Gasteiger partial charge in [-0.25, -0.2) is 4.98 Å². The van der Waals surface area contributed by atoms with Crippen LogP contribution in [0.25, 0.3) is 0 Å². The molecule has 2 rings (SSSR count). The number of carboxylic acids is 1. The number of fused-ring (bicyclic) bond motifs is 1. The fraction of sp³-hybridized carbons (Fsp3) is 0.692. The number of carbonyl (C=O) groups is 1. The molecule has 1 aliphatic carbocycles. The molecule has 18 heavy (non-hydrogen) atoms. The number of aliphatic carboxylic acids is 1. The molecule has 0 amide bonds. The van der Waals surface area contributed by atoms with Gasteiger partial charge in [0.15, 0.2) is 0 Å². The predicted octanol–water partition coefficient (Wildman–Crippen LogP) is 1.49. The van der Waals surface area contributed by atoms with Crippen LogP contribution in [0.2, 0.25) is 0 Å². The molecule has 0 aromatic carbocycles. The number of rotatable bonds is 3. The van der Waals surface area contributed by atoms with Gasteiger partial charge in [-0.05, 0) is 26.7 Å². The molecule has 0 spiro atoms. The van der Waals surface area contributed by atoms with Crippen molar-refractivity contribution in [3.05, 3.63) is 17.2 Å². The molecule has 0 radical (unpaired) electrons. The Balaban J connectivity index is 2.38. The van der Waals surface area contributed by atoms with E-state index in [9.17, 15) is 4.79 Å². The lowest BCUT2D eigenvalue weighted by atomic mass is 9.90. The highest BCUT2D eigenvalue weighted by atomic mass is 16.5. The Labute approximate surface area is 107 Å². The molecule has 1 heterocycles. The van der Waals surface area contributed by atoms with Crippen molar-refractivity contribution in [2.24, 2.45) is 13.0 Å². The van der Waals surface area contributed by atoms with Crippen molar-refractivity contribution in [3.8, 4) is 0 Å². The molecule has 1 atom stereocenters. The van der Waals surface area contributed by atoms with Crippen molar-refractivity contribution < 1.29 is 14.6 Å². The normalized spacial score (nSPS) is 19.7. The molecule has 0 bridgehead atoms. The Morgan fingerprint density at radius 1 is 1.56 bits per heavy atom. The molecule has 1 aromatic heterocycles. The quantitative estimate of drug-likeness (QED) is 0.885. The van der Waals surface area contributed by atoms with Crippen LogP contribution in [0.15, 0.2) is 0 Å². The lowest BCUT2D eigenvalue weighted by Gasteiger charge is -2.22. The van der Waals surface area contributed by atoms with E-state index in [0.717, 1.165) is 23.6 Å². The first-order valence-electron chi connectivity index (χ1n) is 6.19. The minimum Gasteiger partial charge on any atom is -0.481 e. The van der Waals surface area contributed by atoms with Gasteiger partial charge in [0.05, 0.1) is 11.6 Å². The van der Waals surface area contributed by atoms with Gasteiger partial charge in [0.25, 0.3) is 0 Å². The van der Waals surface area contributed by atoms with Gasteiger partial charge in [0.2, 0.25) is 0 Å². The predicted molar refractivity (Wildman–Crippen MR) is 66.4 cm³/mol. The minimum atomic E-state index is -0.723. The summed E-state index contributed by atoms with van der Waals surface area (Å²) in [6.45, 7) is 3.94. The Morgan fingerprint density at radius 2 is 2.22 bits per heavy atom. The van der Waals surface area contributed by atoms with E-state index in [2.05, 4.69) is 9.55 Å². The average Bonchev–Trinajstić information content (AvgIpc) is 2.67. The van der Waals surface area contributed by atoms with Crippen LogP contribution in [-0.2, 0) is 35.0 Å². The zero-order chi connectivity index (χ0) is 13.5. The molecular formula is C13H20N2O3. The third kappa shape index (κ3) is 2.03. The van der Waals surface area contributed by atoms with E-state index < -0.39 is 11.6 Å². The van der Waals surface area contributed by atoms with Crippen LogP contribution in [0.3, 0.4) is 0 Å². The van der Waals surface area contributed by atoms with Gasteiger partial charge < -0.3 is 14.4 Å². The summed E-state index contributed by atoms with van der Waals surface area (Å²) in [7, 11) is 3.64. The fourth-order valence-corrected chi connectivity index (χ4v) is 2.55. The van der Waals surface area contributed by atoms with Crippen LogP contribution in [0, 0.1) is 5.92 Å². The molecule has 0 fully saturated rings. The number of nitrogens with zero attached hydrogens (tertiary/aromatic N) is 2. The Bertz CT molecular complexity index is 477. The summed E-state index contributed by atoms with van der Waals surface area (Å²) in [5, 5.41) is 9.09. The van der Waals surface area contributed by atoms with Crippen LogP contribution in [0.4, 0.5) is 0 Å². The summed E-state index contributed by atoms with van der Waals surface area (Å²) in [6, 6.07) is 0. The van der Waals surface area contributed by atoms with Gasteiger partial charge in [-0.1, -0.05) is 0 Å². The number of methoxy groups -OCH3 is 1. The third-order valence-electron chi connectivity index (χ3n) is 3.86. The second-order valence-electron chi connectivity index (χ2n) is 5.38. The highest BCUT2D eigenvalue weighted by molar-refractivity contribution is 5.70. The van der Waals surface area contributed by atoms with E-state index in [1.165, 1.54) is 0 Å². The molecule has 0 saturated carbocycles. The number of hydrogen-bond acceptors (Lipinski definition) is 3. The van der Waals surface area contributed by atoms with E-state index in [1.54, 1.807) is 7.11 Å². The fourth-order valence-electron chi connectivity index (χ4n) is 2.55. The van der Waals surface area contributed by atoms with Crippen molar-refractivity contribution in [3.63, 3.8) is 0 Å². The number of aromatic nitrogens is 2. The van der Waals surface area contributed by atoms with E-state index in [-0.39, 0.29) is 5.92 Å². The molecule has 1 N–H and O–H groups in total. The van der Waals surface area contributed by atoms with Gasteiger partial charge in [0.1, 0.15) is 11.4 Å². The van der Waals surface area contributed by atoms with Crippen molar-refractivity contribution in [1.29, 1.82) is 0 Å². The maximum atomic E-state index is 11.0. The van der Waals surface area contributed by atoms with Crippen molar-refractivity contribution >= 4 is 5.97 Å². The topological polar surface area (TPSA) is 64.4 Å². The van der Waals surface area contributed by atoms with Crippen LogP contribution < -0.4 is 0 Å². The standard InChI is InChI=1S/C13H20N2O3/c1-13(2,18-4)12-14-9-7-8(11(16)17)5-6-10(9)15(12)3/h8H,5-7H2,1-4H3,(H,16,17). The van der Waals surface area contributed by atoms with Gasteiger partial charge >= 0.3 is 5.97 Å². The molecule has 0 aliphatic heterocycles. The molecule has 1 unspecified atom stereocenters. The molecule has 100 valence electrons. The zero-order valence-electron chi connectivity index (χ0n) is 11.4. The summed E-state index contributed by atoms with van der Waals surface area (Å²) < 4.78 is 7.51. The molecular weight excluding hydrogens is 232 g/mol. The second-order valence-corrected chi connectivity index (χ2v) is 5.38. The van der Waals surface area contributed by atoms with Crippen molar-refractivity contribution in [2.75, 3.05) is 7.11 Å². The monoisotopic (exact) mass is 252 g/mol. The molecule has 0 saturated heterocycles. The van der Waals surface area contributed by atoms with Crippen LogP contribution in [0.5, 0.6) is 0 Å². The van der Waals surface area contributed by atoms with Crippen molar-refractivity contribution in [1.82, 2.24) is 9.55 Å². The Hall–Kier alpha value is -1.36. The molecule has 1 aliphatic rings. The maximum Gasteiger partial charge on any atom is 0.306 e. The Morgan fingerprint density at radius 3 is 2.78 bits per heavy atom. The Kier molecular flexibility index (Phi) is 3.19. The zero-order valence-corrected chi connectivity index (χ0v) is 11.4. The van der Waals surface area contributed by atoms with Crippen LogP contribution in [-0.4, -0.2) is 27.7 Å². The number of hydrogen-bond donors (Lipinski definition) is 1. The summed E-state index contributed by atoms with van der Waals surface area (Å²) in [5.41, 5.74) is 1.61. The second kappa shape index (κ2) is 4.39. The summed E-state index contributed by atoms with van der Waals surface area (Å²) >= 11 is 0. The highest BCUT2D eigenvalue weighted by Crippen LogP contribution is 2.30.